The zero-order valence-electron chi connectivity index (χ0n) is 17.6. The maximum absolute atomic E-state index is 13.4. The number of amides is 2. The normalized spacial score (nSPS) is 16.9. The molecule has 0 saturated heterocycles. The Morgan fingerprint density at radius 2 is 1.84 bits per heavy atom. The van der Waals surface area contributed by atoms with Crippen LogP contribution in [0.3, 0.4) is 0 Å². The number of aryl methyl sites for hydroxylation is 1. The molecule has 31 heavy (non-hydrogen) atoms. The van der Waals surface area contributed by atoms with Crippen molar-refractivity contribution in [3.63, 3.8) is 0 Å². The van der Waals surface area contributed by atoms with Crippen LogP contribution in [0.25, 0.3) is 11.1 Å². The Labute approximate surface area is 179 Å². The number of nitrogens with zero attached hydrogens (tertiary/aromatic N) is 5. The molecule has 156 valence electrons. The van der Waals surface area contributed by atoms with E-state index in [1.807, 2.05) is 39.0 Å². The molecule has 2 aliphatic rings. The van der Waals surface area contributed by atoms with Gasteiger partial charge < -0.3 is 5.32 Å². The summed E-state index contributed by atoms with van der Waals surface area (Å²) in [7, 11) is 0. The molecule has 0 bridgehead atoms. The number of hydrogen-bond donors (Lipinski definition) is 1. The van der Waals surface area contributed by atoms with Crippen molar-refractivity contribution in [2.75, 3.05) is 4.90 Å². The molecule has 1 aromatic carbocycles. The van der Waals surface area contributed by atoms with Crippen LogP contribution in [-0.4, -0.2) is 37.8 Å². The Balaban J connectivity index is 1.57. The van der Waals surface area contributed by atoms with Crippen molar-refractivity contribution in [3.05, 3.63) is 60.1 Å². The standard InChI is InChI=1S/C23H22N6O2/c1-13-25-9-15(10-26-13)14-4-7-17-19(8-14)29(22(31)23(17,2)3)20-12-24-11-18(28-20)21(30)27-16-5-6-16/h4,7-12,16H,5-6H2,1-3H3,(H,27,30). The summed E-state index contributed by atoms with van der Waals surface area (Å²) in [4.78, 5) is 44.6. The molecule has 1 saturated carbocycles. The largest absolute Gasteiger partial charge is 0.348 e. The van der Waals surface area contributed by atoms with Gasteiger partial charge in [0.25, 0.3) is 5.91 Å². The molecule has 0 spiro atoms. The van der Waals surface area contributed by atoms with Gasteiger partial charge in [-0.05, 0) is 50.8 Å². The van der Waals surface area contributed by atoms with E-state index >= 15 is 0 Å². The van der Waals surface area contributed by atoms with Gasteiger partial charge in [-0.25, -0.2) is 15.0 Å². The van der Waals surface area contributed by atoms with Gasteiger partial charge in [0, 0.05) is 24.0 Å². The van der Waals surface area contributed by atoms with Gasteiger partial charge in [-0.3, -0.25) is 19.5 Å². The van der Waals surface area contributed by atoms with E-state index < -0.39 is 5.41 Å². The van der Waals surface area contributed by atoms with E-state index in [0.717, 1.165) is 35.2 Å². The van der Waals surface area contributed by atoms with Crippen molar-refractivity contribution < 1.29 is 9.59 Å². The van der Waals surface area contributed by atoms with Crippen LogP contribution in [-0.2, 0) is 10.2 Å². The number of fused-ring (bicyclic) bond motifs is 1. The molecule has 1 fully saturated rings. The lowest BCUT2D eigenvalue weighted by Crippen LogP contribution is -2.34. The quantitative estimate of drug-likeness (QED) is 0.704. The highest BCUT2D eigenvalue weighted by atomic mass is 16.2. The van der Waals surface area contributed by atoms with E-state index in [2.05, 4.69) is 25.3 Å². The molecule has 1 N–H and O–H groups in total. The highest BCUT2D eigenvalue weighted by Crippen LogP contribution is 2.46. The highest BCUT2D eigenvalue weighted by Gasteiger charge is 2.45. The van der Waals surface area contributed by atoms with Crippen LogP contribution in [0.4, 0.5) is 11.5 Å². The molecule has 0 atom stereocenters. The summed E-state index contributed by atoms with van der Waals surface area (Å²) in [5.74, 6) is 0.638. The molecule has 1 aliphatic carbocycles. The van der Waals surface area contributed by atoms with Crippen LogP contribution >= 0.6 is 0 Å². The molecule has 3 heterocycles. The Bertz CT molecular complexity index is 1200. The smallest absolute Gasteiger partial charge is 0.271 e. The lowest BCUT2D eigenvalue weighted by atomic mass is 9.85. The third-order valence-electron chi connectivity index (χ3n) is 5.76. The average Bonchev–Trinajstić information content (AvgIpc) is 3.55. The number of anilines is 2. The average molecular weight is 414 g/mol. The number of rotatable bonds is 4. The number of nitrogens with one attached hydrogen (secondary N) is 1. The molecular weight excluding hydrogens is 392 g/mol. The summed E-state index contributed by atoms with van der Waals surface area (Å²) in [6, 6.07) is 6.08. The first-order valence-corrected chi connectivity index (χ1v) is 10.3. The molecule has 8 nitrogen and oxygen atoms in total. The number of benzene rings is 1. The van der Waals surface area contributed by atoms with Gasteiger partial charge in [-0.15, -0.1) is 0 Å². The van der Waals surface area contributed by atoms with E-state index in [1.54, 1.807) is 17.3 Å². The molecule has 2 amide bonds. The van der Waals surface area contributed by atoms with E-state index in [-0.39, 0.29) is 23.6 Å². The van der Waals surface area contributed by atoms with Gasteiger partial charge >= 0.3 is 0 Å². The first-order valence-electron chi connectivity index (χ1n) is 10.3. The molecule has 2 aromatic heterocycles. The molecular formula is C23H22N6O2. The van der Waals surface area contributed by atoms with Crippen molar-refractivity contribution in [2.45, 2.75) is 45.1 Å². The summed E-state index contributed by atoms with van der Waals surface area (Å²) in [6.45, 7) is 5.61. The van der Waals surface area contributed by atoms with Gasteiger partial charge in [-0.2, -0.15) is 0 Å². The minimum absolute atomic E-state index is 0.117. The van der Waals surface area contributed by atoms with E-state index in [9.17, 15) is 9.59 Å². The first kappa shape index (κ1) is 19.3. The zero-order valence-corrected chi connectivity index (χ0v) is 17.6. The SMILES string of the molecule is Cc1ncc(-c2ccc3c(c2)N(c2cncc(C(=O)NC4CC4)n2)C(=O)C3(C)C)cn1. The zero-order chi connectivity index (χ0) is 21.8. The second-order valence-corrected chi connectivity index (χ2v) is 8.53. The fourth-order valence-electron chi connectivity index (χ4n) is 3.76. The molecule has 0 unspecified atom stereocenters. The summed E-state index contributed by atoms with van der Waals surface area (Å²) < 4.78 is 0. The Kier molecular flexibility index (Phi) is 4.32. The van der Waals surface area contributed by atoms with Crippen LogP contribution in [0, 0.1) is 6.92 Å². The molecule has 8 heteroatoms. The van der Waals surface area contributed by atoms with Gasteiger partial charge in [0.15, 0.2) is 5.82 Å². The predicted octanol–water partition coefficient (Wildman–Crippen LogP) is 3.09. The van der Waals surface area contributed by atoms with Crippen molar-refractivity contribution >= 4 is 23.3 Å². The topological polar surface area (TPSA) is 101 Å². The van der Waals surface area contributed by atoms with Crippen LogP contribution in [0.5, 0.6) is 0 Å². The highest BCUT2D eigenvalue weighted by molar-refractivity contribution is 6.12. The third kappa shape index (κ3) is 3.34. The first-order chi connectivity index (χ1) is 14.8. The van der Waals surface area contributed by atoms with Gasteiger partial charge in [-0.1, -0.05) is 12.1 Å². The Morgan fingerprint density at radius 3 is 2.55 bits per heavy atom. The van der Waals surface area contributed by atoms with Gasteiger partial charge in [0.05, 0.1) is 23.5 Å². The molecule has 5 rings (SSSR count). The second kappa shape index (κ2) is 6.94. The van der Waals surface area contributed by atoms with E-state index in [0.29, 0.717) is 11.6 Å². The van der Waals surface area contributed by atoms with Crippen LogP contribution in [0.1, 0.15) is 48.6 Å². The number of carbonyl (C=O) groups excluding carboxylic acids is 2. The second-order valence-electron chi connectivity index (χ2n) is 8.53. The van der Waals surface area contributed by atoms with Crippen molar-refractivity contribution in [2.24, 2.45) is 0 Å². The van der Waals surface area contributed by atoms with Gasteiger partial charge in [0.1, 0.15) is 11.5 Å². The predicted molar refractivity (Wildman–Crippen MR) is 115 cm³/mol. The van der Waals surface area contributed by atoms with Crippen LogP contribution in [0.15, 0.2) is 43.0 Å². The van der Waals surface area contributed by atoms with Crippen LogP contribution in [0.2, 0.25) is 0 Å². The summed E-state index contributed by atoms with van der Waals surface area (Å²) >= 11 is 0. The van der Waals surface area contributed by atoms with Crippen molar-refractivity contribution in [1.29, 1.82) is 0 Å². The van der Waals surface area contributed by atoms with E-state index in [1.165, 1.54) is 12.4 Å². The fraction of sp³-hybridized carbons (Fsp3) is 0.304. The van der Waals surface area contributed by atoms with Crippen molar-refractivity contribution in [1.82, 2.24) is 25.3 Å². The molecule has 3 aromatic rings. The number of aromatic nitrogens is 4. The fourth-order valence-corrected chi connectivity index (χ4v) is 3.76. The minimum Gasteiger partial charge on any atom is -0.348 e. The van der Waals surface area contributed by atoms with Gasteiger partial charge in [0.2, 0.25) is 5.91 Å². The summed E-state index contributed by atoms with van der Waals surface area (Å²) in [5, 5.41) is 2.91. The Morgan fingerprint density at radius 1 is 1.10 bits per heavy atom. The molecule has 1 aliphatic heterocycles. The minimum atomic E-state index is -0.731. The number of hydrogen-bond acceptors (Lipinski definition) is 6. The monoisotopic (exact) mass is 414 g/mol. The van der Waals surface area contributed by atoms with Crippen LogP contribution < -0.4 is 10.2 Å². The van der Waals surface area contributed by atoms with E-state index in [4.69, 9.17) is 0 Å². The Hall–Kier alpha value is -3.68. The maximum atomic E-state index is 13.4. The lowest BCUT2D eigenvalue weighted by molar-refractivity contribution is -0.121. The maximum Gasteiger partial charge on any atom is 0.271 e. The summed E-state index contributed by atoms with van der Waals surface area (Å²) in [6.07, 6.45) is 8.43. The number of carbonyl (C=O) groups is 2. The third-order valence-corrected chi connectivity index (χ3v) is 5.76. The molecule has 0 radical (unpaired) electrons. The lowest BCUT2D eigenvalue weighted by Gasteiger charge is -2.19. The summed E-state index contributed by atoms with van der Waals surface area (Å²) in [5.41, 5.74) is 2.84. The van der Waals surface area contributed by atoms with Crippen molar-refractivity contribution in [3.8, 4) is 11.1 Å².